The average molecular weight is 244 g/mol. The van der Waals surface area contributed by atoms with E-state index in [0.717, 1.165) is 12.5 Å². The van der Waals surface area contributed by atoms with Crippen LogP contribution in [0.1, 0.15) is 24.5 Å². The fraction of sp³-hybridized carbons (Fsp3) is 0.500. The lowest BCUT2D eigenvalue weighted by Crippen LogP contribution is -2.23. The van der Waals surface area contributed by atoms with Crippen LogP contribution in [0.4, 0.5) is 4.39 Å². The molecule has 1 aliphatic rings. The zero-order valence-corrected chi connectivity index (χ0v) is 9.67. The summed E-state index contributed by atoms with van der Waals surface area (Å²) >= 11 is 5.57. The molecular formula is C12H15ClFNO. The van der Waals surface area contributed by atoms with Gasteiger partial charge < -0.3 is 10.4 Å². The van der Waals surface area contributed by atoms with E-state index in [2.05, 4.69) is 5.32 Å². The van der Waals surface area contributed by atoms with Gasteiger partial charge in [-0.05, 0) is 43.0 Å². The predicted octanol–water partition coefficient (Wildman–Crippen LogP) is 2.51. The standard InChI is InChI=1S/C12H15ClFNO/c13-10-4-3-9(5-11(10)14)12(16)7-15-6-8-1-2-8/h3-5,8,12,15-16H,1-2,6-7H2. The van der Waals surface area contributed by atoms with E-state index >= 15 is 0 Å². The number of halogens is 2. The molecule has 0 bridgehead atoms. The second-order valence-corrected chi connectivity index (χ2v) is 4.70. The quantitative estimate of drug-likeness (QED) is 0.833. The van der Waals surface area contributed by atoms with Gasteiger partial charge in [-0.3, -0.25) is 0 Å². The van der Waals surface area contributed by atoms with Gasteiger partial charge in [0.05, 0.1) is 11.1 Å². The zero-order valence-electron chi connectivity index (χ0n) is 8.92. The molecule has 0 radical (unpaired) electrons. The van der Waals surface area contributed by atoms with E-state index in [1.807, 2.05) is 0 Å². The van der Waals surface area contributed by atoms with Crippen molar-refractivity contribution in [3.63, 3.8) is 0 Å². The molecule has 0 aromatic heterocycles. The van der Waals surface area contributed by atoms with Crippen LogP contribution in [0.15, 0.2) is 18.2 Å². The Balaban J connectivity index is 1.86. The van der Waals surface area contributed by atoms with E-state index < -0.39 is 11.9 Å². The third-order valence-electron chi connectivity index (χ3n) is 2.80. The third kappa shape index (κ3) is 3.17. The number of aliphatic hydroxyl groups is 1. The molecule has 1 saturated carbocycles. The topological polar surface area (TPSA) is 32.3 Å². The molecule has 1 fully saturated rings. The van der Waals surface area contributed by atoms with Gasteiger partial charge in [0.15, 0.2) is 0 Å². The van der Waals surface area contributed by atoms with Crippen molar-refractivity contribution in [2.75, 3.05) is 13.1 Å². The SMILES string of the molecule is OC(CNCC1CC1)c1ccc(Cl)c(F)c1. The van der Waals surface area contributed by atoms with Crippen LogP contribution in [-0.4, -0.2) is 18.2 Å². The van der Waals surface area contributed by atoms with Gasteiger partial charge in [0.1, 0.15) is 5.82 Å². The molecule has 4 heteroatoms. The van der Waals surface area contributed by atoms with E-state index in [0.29, 0.717) is 12.1 Å². The summed E-state index contributed by atoms with van der Waals surface area (Å²) < 4.78 is 13.1. The van der Waals surface area contributed by atoms with Crippen molar-refractivity contribution in [1.82, 2.24) is 5.32 Å². The molecule has 1 aliphatic carbocycles. The van der Waals surface area contributed by atoms with Crippen LogP contribution >= 0.6 is 11.6 Å². The summed E-state index contributed by atoms with van der Waals surface area (Å²) in [6.07, 6.45) is 1.88. The molecule has 0 heterocycles. The highest BCUT2D eigenvalue weighted by molar-refractivity contribution is 6.30. The predicted molar refractivity (Wildman–Crippen MR) is 62.0 cm³/mol. The van der Waals surface area contributed by atoms with Crippen LogP contribution in [0.2, 0.25) is 5.02 Å². The lowest BCUT2D eigenvalue weighted by atomic mass is 10.1. The summed E-state index contributed by atoms with van der Waals surface area (Å²) in [6, 6.07) is 4.40. The molecule has 0 amide bonds. The maximum Gasteiger partial charge on any atom is 0.142 e. The van der Waals surface area contributed by atoms with Gasteiger partial charge in [0.25, 0.3) is 0 Å². The number of aliphatic hydroxyl groups excluding tert-OH is 1. The van der Waals surface area contributed by atoms with Crippen LogP contribution in [0, 0.1) is 11.7 Å². The third-order valence-corrected chi connectivity index (χ3v) is 3.10. The summed E-state index contributed by atoms with van der Waals surface area (Å²) in [4.78, 5) is 0. The Hall–Kier alpha value is -0.640. The first-order valence-electron chi connectivity index (χ1n) is 5.50. The van der Waals surface area contributed by atoms with Gasteiger partial charge in [0, 0.05) is 6.54 Å². The van der Waals surface area contributed by atoms with Crippen LogP contribution < -0.4 is 5.32 Å². The van der Waals surface area contributed by atoms with Crippen molar-refractivity contribution in [3.05, 3.63) is 34.6 Å². The maximum absolute atomic E-state index is 13.1. The van der Waals surface area contributed by atoms with E-state index in [-0.39, 0.29) is 5.02 Å². The zero-order chi connectivity index (χ0) is 11.5. The van der Waals surface area contributed by atoms with E-state index in [9.17, 15) is 9.50 Å². The van der Waals surface area contributed by atoms with Crippen LogP contribution in [0.5, 0.6) is 0 Å². The lowest BCUT2D eigenvalue weighted by Gasteiger charge is -2.12. The second-order valence-electron chi connectivity index (χ2n) is 4.29. The summed E-state index contributed by atoms with van der Waals surface area (Å²) in [6.45, 7) is 1.39. The first-order valence-corrected chi connectivity index (χ1v) is 5.88. The van der Waals surface area contributed by atoms with Gasteiger partial charge in [0.2, 0.25) is 0 Å². The number of rotatable bonds is 5. The first kappa shape index (κ1) is 11.8. The lowest BCUT2D eigenvalue weighted by molar-refractivity contribution is 0.174. The van der Waals surface area contributed by atoms with Crippen molar-refractivity contribution in [2.24, 2.45) is 5.92 Å². The molecule has 88 valence electrons. The Kier molecular flexibility index (Phi) is 3.79. The minimum absolute atomic E-state index is 0.0851. The van der Waals surface area contributed by atoms with Crippen molar-refractivity contribution < 1.29 is 9.50 Å². The number of hydrogen-bond donors (Lipinski definition) is 2. The summed E-state index contributed by atoms with van der Waals surface area (Å²) in [5, 5.41) is 13.1. The van der Waals surface area contributed by atoms with Gasteiger partial charge in [-0.25, -0.2) is 4.39 Å². The maximum atomic E-state index is 13.1. The fourth-order valence-corrected chi connectivity index (χ4v) is 1.70. The molecule has 2 rings (SSSR count). The first-order chi connectivity index (χ1) is 7.66. The van der Waals surface area contributed by atoms with Gasteiger partial charge >= 0.3 is 0 Å². The molecule has 0 spiro atoms. The molecule has 2 N–H and O–H groups in total. The molecule has 0 aliphatic heterocycles. The normalized spacial score (nSPS) is 17.4. The van der Waals surface area contributed by atoms with Crippen LogP contribution in [0.3, 0.4) is 0 Å². The Morgan fingerprint density at radius 1 is 1.50 bits per heavy atom. The highest BCUT2D eigenvalue weighted by atomic mass is 35.5. The van der Waals surface area contributed by atoms with Crippen molar-refractivity contribution in [3.8, 4) is 0 Å². The Morgan fingerprint density at radius 3 is 2.88 bits per heavy atom. The van der Waals surface area contributed by atoms with Crippen molar-refractivity contribution >= 4 is 11.6 Å². The smallest absolute Gasteiger partial charge is 0.142 e. The van der Waals surface area contributed by atoms with Crippen LogP contribution in [0.25, 0.3) is 0 Å². The minimum atomic E-state index is -0.675. The second kappa shape index (κ2) is 5.13. The Labute approximate surface area is 99.4 Å². The highest BCUT2D eigenvalue weighted by Crippen LogP contribution is 2.27. The molecular weight excluding hydrogens is 229 g/mol. The number of nitrogens with one attached hydrogen (secondary N) is 1. The van der Waals surface area contributed by atoms with Crippen molar-refractivity contribution in [2.45, 2.75) is 18.9 Å². The Bertz CT molecular complexity index is 368. The molecule has 1 aromatic carbocycles. The van der Waals surface area contributed by atoms with Crippen LogP contribution in [-0.2, 0) is 0 Å². The number of benzene rings is 1. The molecule has 1 aromatic rings. The summed E-state index contributed by atoms with van der Waals surface area (Å²) in [7, 11) is 0. The minimum Gasteiger partial charge on any atom is -0.387 e. The van der Waals surface area contributed by atoms with Crippen molar-refractivity contribution in [1.29, 1.82) is 0 Å². The Morgan fingerprint density at radius 2 is 2.25 bits per heavy atom. The van der Waals surface area contributed by atoms with Gasteiger partial charge in [-0.15, -0.1) is 0 Å². The highest BCUT2D eigenvalue weighted by Gasteiger charge is 2.20. The van der Waals surface area contributed by atoms with E-state index in [1.54, 1.807) is 6.07 Å². The molecule has 2 nitrogen and oxygen atoms in total. The largest absolute Gasteiger partial charge is 0.387 e. The van der Waals surface area contributed by atoms with E-state index in [4.69, 9.17) is 11.6 Å². The number of hydrogen-bond acceptors (Lipinski definition) is 2. The van der Waals surface area contributed by atoms with Gasteiger partial charge in [-0.2, -0.15) is 0 Å². The monoisotopic (exact) mass is 243 g/mol. The summed E-state index contributed by atoms with van der Waals surface area (Å²) in [5.41, 5.74) is 0.560. The van der Waals surface area contributed by atoms with E-state index in [1.165, 1.54) is 25.0 Å². The molecule has 16 heavy (non-hydrogen) atoms. The average Bonchev–Trinajstić information content (AvgIpc) is 3.06. The molecule has 0 saturated heterocycles. The fourth-order valence-electron chi connectivity index (χ4n) is 1.58. The summed E-state index contributed by atoms with van der Waals surface area (Å²) in [5.74, 6) is 0.287. The molecule has 1 atom stereocenters. The molecule has 1 unspecified atom stereocenters. The van der Waals surface area contributed by atoms with Gasteiger partial charge in [-0.1, -0.05) is 17.7 Å².